The fraction of sp³-hybridized carbons (Fsp3) is 0. The van der Waals surface area contributed by atoms with Gasteiger partial charge in [-0.15, -0.1) is 0 Å². The van der Waals surface area contributed by atoms with Gasteiger partial charge in [-0.1, -0.05) is 0 Å². The first kappa shape index (κ1) is 12.1. The number of carbonyl (C=O) groups excluding carboxylic acids is 1. The fourth-order valence-electron chi connectivity index (χ4n) is 1.28. The number of anilines is 2. The zero-order valence-corrected chi connectivity index (χ0v) is 8.96. The Morgan fingerprint density at radius 1 is 1.28 bits per heavy atom. The monoisotopic (exact) mass is 251 g/mol. The normalized spacial score (nSPS) is 10.2. The number of hydrogen-bond acceptors (Lipinski definition) is 5. The molecule has 2 aromatic rings. The summed E-state index contributed by atoms with van der Waals surface area (Å²) < 4.78 is 17.4. The maximum atomic E-state index is 12.6. The second-order valence-corrected chi connectivity index (χ2v) is 3.37. The Morgan fingerprint density at radius 2 is 1.94 bits per heavy atom. The molecule has 18 heavy (non-hydrogen) atoms. The highest BCUT2D eigenvalue weighted by molar-refractivity contribution is 6.02. The van der Waals surface area contributed by atoms with Gasteiger partial charge in [0.05, 0.1) is 0 Å². The van der Waals surface area contributed by atoms with Crippen molar-refractivity contribution in [2.24, 2.45) is 0 Å². The molecule has 1 aromatic carbocycles. The first-order chi connectivity index (χ1) is 8.56. The van der Waals surface area contributed by atoms with Crippen molar-refractivity contribution in [1.82, 2.24) is 0 Å². The molecule has 0 fully saturated rings. The Balaban J connectivity index is 2.09. The molecule has 2 rings (SSSR count). The van der Waals surface area contributed by atoms with Crippen LogP contribution in [0.5, 0.6) is 0 Å². The van der Waals surface area contributed by atoms with E-state index in [1.165, 1.54) is 30.3 Å². The third-order valence-electron chi connectivity index (χ3n) is 2.11. The van der Waals surface area contributed by atoms with Crippen molar-refractivity contribution in [2.75, 3.05) is 10.5 Å². The van der Waals surface area contributed by atoms with Crippen LogP contribution >= 0.6 is 0 Å². The minimum absolute atomic E-state index is 0.149. The van der Waals surface area contributed by atoms with Crippen molar-refractivity contribution in [1.29, 1.82) is 0 Å². The number of furan rings is 1. The lowest BCUT2D eigenvalue weighted by molar-refractivity contribution is 0.0996. The van der Waals surface area contributed by atoms with Crippen LogP contribution in [0.4, 0.5) is 16.0 Å². The minimum Gasteiger partial charge on any atom is -0.731 e. The van der Waals surface area contributed by atoms with Crippen molar-refractivity contribution in [2.45, 2.75) is 0 Å². The average Bonchev–Trinajstić information content (AvgIpc) is 2.81. The molecule has 94 valence electrons. The number of amides is 1. The van der Waals surface area contributed by atoms with Crippen LogP contribution in [0.25, 0.3) is 0 Å². The highest BCUT2D eigenvalue weighted by atomic mass is 19.1. The highest BCUT2D eigenvalue weighted by Gasteiger charge is 2.11. The Hall–Kier alpha value is -2.38. The summed E-state index contributed by atoms with van der Waals surface area (Å²) in [5.41, 5.74) is 0.377. The first-order valence-corrected chi connectivity index (χ1v) is 4.89. The summed E-state index contributed by atoms with van der Waals surface area (Å²) in [4.78, 5) is 11.6. The van der Waals surface area contributed by atoms with E-state index in [4.69, 9.17) is 9.62 Å². The predicted octanol–water partition coefficient (Wildman–Crippen LogP) is 2.36. The van der Waals surface area contributed by atoms with Gasteiger partial charge in [-0.25, -0.2) is 4.39 Å². The first-order valence-electron chi connectivity index (χ1n) is 4.89. The van der Waals surface area contributed by atoms with Crippen LogP contribution in [0, 0.1) is 11.0 Å². The van der Waals surface area contributed by atoms with Crippen molar-refractivity contribution >= 4 is 17.5 Å². The van der Waals surface area contributed by atoms with Gasteiger partial charge in [-0.2, -0.15) is 0 Å². The lowest BCUT2D eigenvalue weighted by Gasteiger charge is -2.16. The highest BCUT2D eigenvalue weighted by Crippen LogP contribution is 2.17. The van der Waals surface area contributed by atoms with Gasteiger partial charge in [0.1, 0.15) is 5.82 Å². The Labute approximate surface area is 101 Å². The maximum Gasteiger partial charge on any atom is 0.291 e. The van der Waals surface area contributed by atoms with E-state index >= 15 is 0 Å². The average molecular weight is 251 g/mol. The van der Waals surface area contributed by atoms with Crippen LogP contribution in [-0.4, -0.2) is 11.1 Å². The molecule has 1 heterocycles. The van der Waals surface area contributed by atoms with Crippen molar-refractivity contribution in [3.05, 3.63) is 53.2 Å². The largest absolute Gasteiger partial charge is 0.731 e. The van der Waals surface area contributed by atoms with Crippen LogP contribution in [0.3, 0.4) is 0 Å². The van der Waals surface area contributed by atoms with E-state index in [2.05, 4.69) is 5.32 Å². The van der Waals surface area contributed by atoms with Crippen molar-refractivity contribution in [3.63, 3.8) is 0 Å². The topological polar surface area (TPSA) is 88.8 Å². The number of nitrogens with zero attached hydrogens (tertiary/aromatic N) is 1. The van der Waals surface area contributed by atoms with Crippen LogP contribution in [0.2, 0.25) is 0 Å². The molecule has 0 spiro atoms. The molecule has 0 aliphatic heterocycles. The number of hydrogen-bond donors (Lipinski definition) is 2. The molecule has 7 heteroatoms. The molecule has 0 bridgehead atoms. The molecule has 6 nitrogen and oxygen atoms in total. The quantitative estimate of drug-likeness (QED) is 0.817. The van der Waals surface area contributed by atoms with Gasteiger partial charge in [0.15, 0.2) is 5.76 Å². The third kappa shape index (κ3) is 2.65. The molecule has 0 unspecified atom stereocenters. The second-order valence-electron chi connectivity index (χ2n) is 3.37. The van der Waals surface area contributed by atoms with Crippen molar-refractivity contribution < 1.29 is 18.8 Å². The van der Waals surface area contributed by atoms with Gasteiger partial charge in [0.2, 0.25) is 5.88 Å². The molecule has 0 aliphatic carbocycles. The Bertz CT molecular complexity index is 550. The lowest BCUT2D eigenvalue weighted by atomic mass is 10.3. The third-order valence-corrected chi connectivity index (χ3v) is 2.11. The van der Waals surface area contributed by atoms with E-state index in [1.807, 2.05) is 0 Å². The van der Waals surface area contributed by atoms with Crippen molar-refractivity contribution in [3.8, 4) is 0 Å². The number of nitrogens with one attached hydrogen (secondary N) is 1. The predicted molar refractivity (Wildman–Crippen MR) is 60.7 cm³/mol. The zero-order chi connectivity index (χ0) is 13.1. The van der Waals surface area contributed by atoms with E-state index in [9.17, 15) is 14.4 Å². The van der Waals surface area contributed by atoms with Gasteiger partial charge in [0.25, 0.3) is 5.91 Å². The molecule has 2 N–H and O–H groups in total. The Kier molecular flexibility index (Phi) is 3.26. The molecule has 0 saturated heterocycles. The zero-order valence-electron chi connectivity index (χ0n) is 8.96. The van der Waals surface area contributed by atoms with Gasteiger partial charge in [-0.05, 0) is 30.3 Å². The van der Waals surface area contributed by atoms with Gasteiger partial charge < -0.3 is 14.9 Å². The van der Waals surface area contributed by atoms with Crippen LogP contribution in [0.15, 0.2) is 40.8 Å². The molecule has 0 saturated carbocycles. The summed E-state index contributed by atoms with van der Waals surface area (Å²) in [6, 6.07) is 7.51. The standard InChI is InChI=1S/C11H8FN2O4/c12-7-1-3-8(4-2-7)13-11(15)9-5-6-10(18-9)14(16)17/h1-6,16H,(H,13,15)/q-1. The maximum absolute atomic E-state index is 12.6. The molecule has 0 atom stereocenters. The summed E-state index contributed by atoms with van der Waals surface area (Å²) in [5.74, 6) is -1.59. The summed E-state index contributed by atoms with van der Waals surface area (Å²) in [6.45, 7) is 0. The fourth-order valence-corrected chi connectivity index (χ4v) is 1.28. The number of benzene rings is 1. The van der Waals surface area contributed by atoms with Gasteiger partial charge >= 0.3 is 0 Å². The number of rotatable bonds is 3. The Morgan fingerprint density at radius 3 is 2.50 bits per heavy atom. The molecular weight excluding hydrogens is 243 g/mol. The summed E-state index contributed by atoms with van der Waals surface area (Å²) in [7, 11) is 0. The summed E-state index contributed by atoms with van der Waals surface area (Å²) in [6.07, 6.45) is 0. The van der Waals surface area contributed by atoms with E-state index in [1.54, 1.807) is 0 Å². The van der Waals surface area contributed by atoms with Gasteiger partial charge in [0, 0.05) is 11.8 Å². The smallest absolute Gasteiger partial charge is 0.291 e. The molecule has 0 radical (unpaired) electrons. The molecule has 1 aromatic heterocycles. The van der Waals surface area contributed by atoms with Crippen LogP contribution in [0.1, 0.15) is 10.6 Å². The molecule has 0 aliphatic rings. The lowest BCUT2D eigenvalue weighted by Crippen LogP contribution is -2.11. The van der Waals surface area contributed by atoms with E-state index in [0.29, 0.717) is 5.69 Å². The van der Waals surface area contributed by atoms with Crippen LogP contribution < -0.4 is 10.5 Å². The number of carbonyl (C=O) groups is 1. The minimum atomic E-state index is -0.616. The summed E-state index contributed by atoms with van der Waals surface area (Å²) >= 11 is 0. The summed E-state index contributed by atoms with van der Waals surface area (Å²) in [5, 5.41) is 21.0. The number of halogens is 1. The van der Waals surface area contributed by atoms with Crippen LogP contribution in [-0.2, 0) is 0 Å². The van der Waals surface area contributed by atoms with E-state index in [-0.39, 0.29) is 5.76 Å². The van der Waals surface area contributed by atoms with E-state index < -0.39 is 22.8 Å². The molecule has 1 amide bonds. The second kappa shape index (κ2) is 4.86. The SMILES string of the molecule is O=C(Nc1ccc(F)cc1)c1ccc(N([O-])O)o1. The molecular formula is C11H8FN2O4-. The van der Waals surface area contributed by atoms with E-state index in [0.717, 1.165) is 6.07 Å². The van der Waals surface area contributed by atoms with Gasteiger partial charge in [-0.3, -0.25) is 15.2 Å².